The van der Waals surface area contributed by atoms with Crippen LogP contribution in [0.1, 0.15) is 25.3 Å². The molecule has 0 saturated carbocycles. The summed E-state index contributed by atoms with van der Waals surface area (Å²) in [5.41, 5.74) is 1.94. The largest absolute Gasteiger partial charge is 0.357 e. The average Bonchev–Trinajstić information content (AvgIpc) is 3.21. The second-order valence-corrected chi connectivity index (χ2v) is 8.79. The lowest BCUT2D eigenvalue weighted by Gasteiger charge is -2.16. The third-order valence-electron chi connectivity index (χ3n) is 4.74. The molecule has 1 aromatic carbocycles. The van der Waals surface area contributed by atoms with E-state index in [1.807, 2.05) is 36.1 Å². The maximum Gasteiger partial charge on any atom is 0.242 e. The van der Waals surface area contributed by atoms with Crippen LogP contribution in [0.3, 0.4) is 0 Å². The van der Waals surface area contributed by atoms with Crippen LogP contribution in [-0.2, 0) is 21.4 Å². The molecule has 1 aliphatic rings. The van der Waals surface area contributed by atoms with Gasteiger partial charge in [-0.05, 0) is 43.2 Å². The summed E-state index contributed by atoms with van der Waals surface area (Å²) in [5, 5.41) is 6.26. The number of carbonyl (C=O) groups is 1. The van der Waals surface area contributed by atoms with E-state index >= 15 is 0 Å². The Bertz CT molecular complexity index is 1000. The molecule has 3 N–H and O–H groups in total. The van der Waals surface area contributed by atoms with E-state index in [0.717, 1.165) is 24.2 Å². The van der Waals surface area contributed by atoms with Crippen molar-refractivity contribution in [1.29, 1.82) is 0 Å². The van der Waals surface area contributed by atoms with E-state index in [4.69, 9.17) is 0 Å². The van der Waals surface area contributed by atoms with Gasteiger partial charge in [0.05, 0.1) is 6.54 Å². The highest BCUT2D eigenvalue weighted by Crippen LogP contribution is 2.21. The molecule has 0 atom stereocenters. The molecule has 1 aromatic heterocycles. The van der Waals surface area contributed by atoms with Gasteiger partial charge in [0.1, 0.15) is 4.90 Å². The van der Waals surface area contributed by atoms with Gasteiger partial charge in [0.25, 0.3) is 0 Å². The molecule has 2 heterocycles. The van der Waals surface area contributed by atoms with Gasteiger partial charge in [0.2, 0.25) is 15.9 Å². The quantitative estimate of drug-likeness (QED) is 0.183. The number of nitrogens with zero attached hydrogens (tertiary/aromatic N) is 3. The first-order chi connectivity index (χ1) is 15.0. The molecule has 2 aromatic rings. The Morgan fingerprint density at radius 1 is 1.16 bits per heavy atom. The summed E-state index contributed by atoms with van der Waals surface area (Å²) in [7, 11) is -3.58. The van der Waals surface area contributed by atoms with Gasteiger partial charge < -0.3 is 15.5 Å². The highest BCUT2D eigenvalue weighted by Gasteiger charge is 2.21. The zero-order valence-electron chi connectivity index (χ0n) is 18.0. The van der Waals surface area contributed by atoms with Crippen molar-refractivity contribution in [2.75, 3.05) is 31.1 Å². The molecule has 11 heteroatoms. The highest BCUT2D eigenvalue weighted by molar-refractivity contribution is 14.0. The number of benzene rings is 1. The molecule has 9 nitrogen and oxygen atoms in total. The number of anilines is 1. The van der Waals surface area contributed by atoms with Crippen molar-refractivity contribution < 1.29 is 13.2 Å². The lowest BCUT2D eigenvalue weighted by molar-refractivity contribution is -0.117. The number of amides is 1. The first-order valence-corrected chi connectivity index (χ1v) is 11.8. The Kier molecular flexibility index (Phi) is 10.3. The molecule has 0 bridgehead atoms. The summed E-state index contributed by atoms with van der Waals surface area (Å²) in [4.78, 5) is 22.2. The van der Waals surface area contributed by atoms with Crippen molar-refractivity contribution in [3.63, 3.8) is 0 Å². The first-order valence-electron chi connectivity index (χ1n) is 10.3. The number of aromatic nitrogens is 1. The van der Waals surface area contributed by atoms with E-state index in [-0.39, 0.29) is 41.3 Å². The maximum absolute atomic E-state index is 12.2. The molecule has 1 aliphatic heterocycles. The van der Waals surface area contributed by atoms with Crippen LogP contribution >= 0.6 is 24.0 Å². The smallest absolute Gasteiger partial charge is 0.242 e. The van der Waals surface area contributed by atoms with E-state index in [0.29, 0.717) is 32.0 Å². The Hall–Kier alpha value is -2.25. The summed E-state index contributed by atoms with van der Waals surface area (Å²) in [6.45, 7) is 4.47. The monoisotopic (exact) mass is 572 g/mol. The number of rotatable bonds is 9. The van der Waals surface area contributed by atoms with Gasteiger partial charge in [0.15, 0.2) is 5.96 Å². The molecule has 0 unspecified atom stereocenters. The van der Waals surface area contributed by atoms with Crippen molar-refractivity contribution in [3.8, 4) is 0 Å². The number of sulfonamides is 1. The summed E-state index contributed by atoms with van der Waals surface area (Å²) in [6.07, 6.45) is 4.36. The Labute approximate surface area is 206 Å². The van der Waals surface area contributed by atoms with Gasteiger partial charge in [-0.2, -0.15) is 0 Å². The zero-order valence-corrected chi connectivity index (χ0v) is 21.1. The molecular weight excluding hydrogens is 543 g/mol. The van der Waals surface area contributed by atoms with Gasteiger partial charge in [-0.3, -0.25) is 9.78 Å². The topological polar surface area (TPSA) is 116 Å². The number of guanidine groups is 1. The van der Waals surface area contributed by atoms with E-state index in [2.05, 4.69) is 25.3 Å². The summed E-state index contributed by atoms with van der Waals surface area (Å²) >= 11 is 0. The maximum atomic E-state index is 12.2. The fourth-order valence-electron chi connectivity index (χ4n) is 3.17. The predicted octanol–water partition coefficient (Wildman–Crippen LogP) is 1.86. The van der Waals surface area contributed by atoms with Gasteiger partial charge in [0, 0.05) is 50.7 Å². The number of halogens is 1. The highest BCUT2D eigenvalue weighted by atomic mass is 127. The minimum absolute atomic E-state index is 0. The van der Waals surface area contributed by atoms with E-state index in [1.165, 1.54) is 18.5 Å². The van der Waals surface area contributed by atoms with Crippen LogP contribution < -0.4 is 20.3 Å². The standard InChI is InChI=1S/C21H28N6O3S.HI/c1-2-23-21(24-12-13-26-31(29,30)19-5-3-11-22-16-19)25-15-17-7-9-18(10-8-17)27-14-4-6-20(27)28;/h3,5,7-11,16,26H,2,4,6,12-15H2,1H3,(H2,23,24,25);1H. The van der Waals surface area contributed by atoms with Gasteiger partial charge >= 0.3 is 0 Å². The van der Waals surface area contributed by atoms with Crippen LogP contribution in [-0.4, -0.2) is 51.4 Å². The Morgan fingerprint density at radius 2 is 1.94 bits per heavy atom. The minimum atomic E-state index is -3.58. The fourth-order valence-corrected chi connectivity index (χ4v) is 4.17. The molecule has 1 fully saturated rings. The number of carbonyl (C=O) groups excluding carboxylic acids is 1. The number of hydrogen-bond acceptors (Lipinski definition) is 5. The summed E-state index contributed by atoms with van der Waals surface area (Å²) in [5.74, 6) is 0.769. The van der Waals surface area contributed by atoms with Crippen molar-refractivity contribution in [2.45, 2.75) is 31.2 Å². The van der Waals surface area contributed by atoms with Crippen molar-refractivity contribution in [3.05, 3.63) is 54.4 Å². The molecule has 3 rings (SSSR count). The Morgan fingerprint density at radius 3 is 2.56 bits per heavy atom. The molecule has 1 amide bonds. The zero-order chi connectivity index (χ0) is 22.1. The first kappa shape index (κ1) is 26.0. The number of pyridine rings is 1. The van der Waals surface area contributed by atoms with Gasteiger partial charge in [-0.25, -0.2) is 18.1 Å². The summed E-state index contributed by atoms with van der Waals surface area (Å²) < 4.78 is 27.0. The second-order valence-electron chi connectivity index (χ2n) is 7.02. The Balaban J connectivity index is 0.00000363. The second kappa shape index (κ2) is 12.7. The van der Waals surface area contributed by atoms with Crippen LogP contribution in [0.2, 0.25) is 0 Å². The van der Waals surface area contributed by atoms with Crippen LogP contribution in [0.5, 0.6) is 0 Å². The molecule has 0 radical (unpaired) electrons. The average molecular weight is 572 g/mol. The summed E-state index contributed by atoms with van der Waals surface area (Å²) in [6, 6.07) is 10.9. The van der Waals surface area contributed by atoms with Crippen LogP contribution in [0.4, 0.5) is 5.69 Å². The third-order valence-corrected chi connectivity index (χ3v) is 6.19. The lowest BCUT2D eigenvalue weighted by atomic mass is 10.2. The van der Waals surface area contributed by atoms with E-state index in [9.17, 15) is 13.2 Å². The molecular formula is C21H29IN6O3S. The number of aliphatic imine (C=N–C) groups is 1. The molecule has 0 aliphatic carbocycles. The molecule has 1 saturated heterocycles. The number of nitrogens with one attached hydrogen (secondary N) is 3. The molecule has 32 heavy (non-hydrogen) atoms. The molecule has 0 spiro atoms. The van der Waals surface area contributed by atoms with Crippen LogP contribution in [0.15, 0.2) is 58.7 Å². The van der Waals surface area contributed by atoms with E-state index in [1.54, 1.807) is 6.07 Å². The fraction of sp³-hybridized carbons (Fsp3) is 0.381. The SMILES string of the molecule is CCNC(=NCc1ccc(N2CCCC2=O)cc1)NCCNS(=O)(=O)c1cccnc1.I. The normalized spacial score (nSPS) is 14.2. The van der Waals surface area contributed by atoms with Crippen molar-refractivity contribution in [2.24, 2.45) is 4.99 Å². The van der Waals surface area contributed by atoms with Crippen molar-refractivity contribution in [1.82, 2.24) is 20.3 Å². The molecule has 174 valence electrons. The van der Waals surface area contributed by atoms with E-state index < -0.39 is 10.0 Å². The minimum Gasteiger partial charge on any atom is -0.357 e. The van der Waals surface area contributed by atoms with Gasteiger partial charge in [-0.1, -0.05) is 12.1 Å². The predicted molar refractivity (Wildman–Crippen MR) is 136 cm³/mol. The lowest BCUT2D eigenvalue weighted by Crippen LogP contribution is -2.41. The van der Waals surface area contributed by atoms with Crippen molar-refractivity contribution >= 4 is 51.6 Å². The third kappa shape index (κ3) is 7.41. The van der Waals surface area contributed by atoms with Crippen LogP contribution in [0, 0.1) is 0 Å². The van der Waals surface area contributed by atoms with Gasteiger partial charge in [-0.15, -0.1) is 24.0 Å². The van der Waals surface area contributed by atoms with Crippen LogP contribution in [0.25, 0.3) is 0 Å². The number of hydrogen-bond donors (Lipinski definition) is 3.